The van der Waals surface area contributed by atoms with Crippen LogP contribution in [0.2, 0.25) is 0 Å². The summed E-state index contributed by atoms with van der Waals surface area (Å²) in [4.78, 5) is 23.5. The number of ether oxygens (including phenoxy) is 1. The lowest BCUT2D eigenvalue weighted by atomic mass is 10.1. The summed E-state index contributed by atoms with van der Waals surface area (Å²) in [6.07, 6.45) is 4.08. The fraction of sp³-hybridized carbons (Fsp3) is 0.300. The zero-order valence-corrected chi connectivity index (χ0v) is 15.7. The third-order valence-corrected chi connectivity index (χ3v) is 4.68. The minimum absolute atomic E-state index is 0.0361. The molecule has 2 aromatic heterocycles. The zero-order valence-electron chi connectivity index (χ0n) is 15.7. The van der Waals surface area contributed by atoms with Crippen molar-refractivity contribution in [1.29, 1.82) is 0 Å². The maximum Gasteiger partial charge on any atom is 0.257 e. The molecule has 1 unspecified atom stereocenters. The molecule has 0 radical (unpaired) electrons. The molecule has 7 nitrogen and oxygen atoms in total. The lowest BCUT2D eigenvalue weighted by Gasteiger charge is -2.15. The van der Waals surface area contributed by atoms with Gasteiger partial charge in [-0.15, -0.1) is 0 Å². The van der Waals surface area contributed by atoms with Crippen molar-refractivity contribution in [3.63, 3.8) is 0 Å². The van der Waals surface area contributed by atoms with E-state index in [1.807, 2.05) is 6.92 Å². The minimum Gasteiger partial charge on any atom is -0.439 e. The number of hydrogen-bond acceptors (Lipinski definition) is 5. The van der Waals surface area contributed by atoms with Crippen LogP contribution in [0.4, 0.5) is 4.39 Å². The number of likely N-dealkylation sites (tertiary alicyclic amines) is 1. The quantitative estimate of drug-likeness (QED) is 0.694. The minimum atomic E-state index is -0.323. The standard InChI is InChI=1S/C20H20FN5O2/c1-13-9-18(28-17-5-3-16(21)4-6-17)24-19(23-13)14-7-8-26(12-14)20(27)15-10-22-25(2)11-15/h3-6,9-11,14H,7-8,12H2,1-2H3. The Kier molecular flexibility index (Phi) is 4.77. The third kappa shape index (κ3) is 3.85. The number of hydrogen-bond donors (Lipinski definition) is 0. The molecule has 1 aliphatic heterocycles. The van der Waals surface area contributed by atoms with Gasteiger partial charge in [0.1, 0.15) is 17.4 Å². The van der Waals surface area contributed by atoms with E-state index in [9.17, 15) is 9.18 Å². The Bertz CT molecular complexity index is 1000. The van der Waals surface area contributed by atoms with E-state index >= 15 is 0 Å². The molecule has 3 aromatic rings. The van der Waals surface area contributed by atoms with Crippen LogP contribution in [0, 0.1) is 12.7 Å². The van der Waals surface area contributed by atoms with Crippen molar-refractivity contribution >= 4 is 5.91 Å². The van der Waals surface area contributed by atoms with Gasteiger partial charge >= 0.3 is 0 Å². The predicted molar refractivity (Wildman–Crippen MR) is 99.7 cm³/mol. The van der Waals surface area contributed by atoms with Crippen molar-refractivity contribution in [1.82, 2.24) is 24.6 Å². The van der Waals surface area contributed by atoms with Crippen LogP contribution in [0.5, 0.6) is 11.6 Å². The molecule has 4 rings (SSSR count). The lowest BCUT2D eigenvalue weighted by molar-refractivity contribution is 0.0790. The summed E-state index contributed by atoms with van der Waals surface area (Å²) in [5, 5.41) is 4.06. The summed E-state index contributed by atoms with van der Waals surface area (Å²) in [5.41, 5.74) is 1.35. The maximum atomic E-state index is 13.1. The van der Waals surface area contributed by atoms with Crippen molar-refractivity contribution in [2.45, 2.75) is 19.3 Å². The third-order valence-electron chi connectivity index (χ3n) is 4.68. The largest absolute Gasteiger partial charge is 0.439 e. The molecule has 0 bridgehead atoms. The SMILES string of the molecule is Cc1cc(Oc2ccc(F)cc2)nc(C2CCN(C(=O)c3cnn(C)c3)C2)n1. The number of rotatable bonds is 4. The van der Waals surface area contributed by atoms with Crippen LogP contribution < -0.4 is 4.74 Å². The van der Waals surface area contributed by atoms with Crippen molar-refractivity contribution in [2.75, 3.05) is 13.1 Å². The first kappa shape index (κ1) is 18.1. The summed E-state index contributed by atoms with van der Waals surface area (Å²) in [6, 6.07) is 7.51. The number of aryl methyl sites for hydroxylation is 2. The highest BCUT2D eigenvalue weighted by Crippen LogP contribution is 2.28. The average molecular weight is 381 g/mol. The van der Waals surface area contributed by atoms with Gasteiger partial charge in [0.15, 0.2) is 0 Å². The zero-order chi connectivity index (χ0) is 19.7. The van der Waals surface area contributed by atoms with Crippen molar-refractivity contribution in [3.8, 4) is 11.6 Å². The van der Waals surface area contributed by atoms with Gasteiger partial charge in [-0.1, -0.05) is 0 Å². The van der Waals surface area contributed by atoms with E-state index in [2.05, 4.69) is 15.1 Å². The summed E-state index contributed by atoms with van der Waals surface area (Å²) >= 11 is 0. The Morgan fingerprint density at radius 2 is 2.04 bits per heavy atom. The molecule has 0 saturated carbocycles. The summed E-state index contributed by atoms with van der Waals surface area (Å²) < 4.78 is 20.4. The molecule has 8 heteroatoms. The second-order valence-electron chi connectivity index (χ2n) is 6.90. The topological polar surface area (TPSA) is 73.1 Å². The van der Waals surface area contributed by atoms with Crippen LogP contribution in [0.25, 0.3) is 0 Å². The van der Waals surface area contributed by atoms with E-state index in [-0.39, 0.29) is 17.6 Å². The van der Waals surface area contributed by atoms with Gasteiger partial charge < -0.3 is 9.64 Å². The molecule has 1 aromatic carbocycles. The van der Waals surface area contributed by atoms with Crippen LogP contribution in [0.1, 0.15) is 34.2 Å². The smallest absolute Gasteiger partial charge is 0.257 e. The Morgan fingerprint density at radius 1 is 1.25 bits per heavy atom. The molecule has 0 aliphatic carbocycles. The molecule has 3 heterocycles. The lowest BCUT2D eigenvalue weighted by Crippen LogP contribution is -2.28. The highest BCUT2D eigenvalue weighted by molar-refractivity contribution is 5.93. The monoisotopic (exact) mass is 381 g/mol. The highest BCUT2D eigenvalue weighted by atomic mass is 19.1. The van der Waals surface area contributed by atoms with Crippen LogP contribution in [-0.2, 0) is 7.05 Å². The molecule has 28 heavy (non-hydrogen) atoms. The van der Waals surface area contributed by atoms with E-state index in [1.54, 1.807) is 47.2 Å². The molecule has 1 atom stereocenters. The molecular weight excluding hydrogens is 361 g/mol. The maximum absolute atomic E-state index is 13.1. The van der Waals surface area contributed by atoms with E-state index in [0.29, 0.717) is 36.1 Å². The number of aromatic nitrogens is 4. The number of carbonyl (C=O) groups excluding carboxylic acids is 1. The van der Waals surface area contributed by atoms with Gasteiger partial charge in [0.2, 0.25) is 5.88 Å². The van der Waals surface area contributed by atoms with Crippen LogP contribution >= 0.6 is 0 Å². The second-order valence-corrected chi connectivity index (χ2v) is 6.90. The Balaban J connectivity index is 1.49. The highest BCUT2D eigenvalue weighted by Gasteiger charge is 2.30. The molecule has 1 saturated heterocycles. The molecule has 1 amide bonds. The first-order chi connectivity index (χ1) is 13.5. The van der Waals surface area contributed by atoms with Crippen LogP contribution in [0.3, 0.4) is 0 Å². The van der Waals surface area contributed by atoms with Gasteiger partial charge in [-0.2, -0.15) is 10.1 Å². The van der Waals surface area contributed by atoms with E-state index in [1.165, 1.54) is 12.1 Å². The van der Waals surface area contributed by atoms with Gasteiger partial charge in [-0.3, -0.25) is 9.48 Å². The number of carbonyl (C=O) groups is 1. The van der Waals surface area contributed by atoms with Gasteiger partial charge in [-0.25, -0.2) is 9.37 Å². The van der Waals surface area contributed by atoms with Gasteiger partial charge in [0.05, 0.1) is 11.8 Å². The van der Waals surface area contributed by atoms with E-state index in [0.717, 1.165) is 12.1 Å². The first-order valence-electron chi connectivity index (χ1n) is 9.05. The van der Waals surface area contributed by atoms with E-state index in [4.69, 9.17) is 4.74 Å². The van der Waals surface area contributed by atoms with Crippen LogP contribution in [0.15, 0.2) is 42.7 Å². The number of amides is 1. The molecular formula is C20H20FN5O2. The van der Waals surface area contributed by atoms with Gasteiger partial charge in [0, 0.05) is 44.0 Å². The molecule has 144 valence electrons. The van der Waals surface area contributed by atoms with Crippen LogP contribution in [-0.4, -0.2) is 43.6 Å². The summed E-state index contributed by atoms with van der Waals surface area (Å²) in [6.45, 7) is 3.06. The fourth-order valence-electron chi connectivity index (χ4n) is 3.29. The first-order valence-corrected chi connectivity index (χ1v) is 9.05. The fourth-order valence-corrected chi connectivity index (χ4v) is 3.29. The number of halogens is 1. The predicted octanol–water partition coefficient (Wildman–Crippen LogP) is 3.08. The van der Waals surface area contributed by atoms with E-state index < -0.39 is 0 Å². The summed E-state index contributed by atoms with van der Waals surface area (Å²) in [5.74, 6) is 1.24. The summed E-state index contributed by atoms with van der Waals surface area (Å²) in [7, 11) is 1.78. The Morgan fingerprint density at radius 3 is 2.75 bits per heavy atom. The van der Waals surface area contributed by atoms with Crippen molar-refractivity contribution in [2.24, 2.45) is 7.05 Å². The van der Waals surface area contributed by atoms with Gasteiger partial charge in [-0.05, 0) is 37.6 Å². The average Bonchev–Trinajstić information content (AvgIpc) is 3.32. The molecule has 1 aliphatic rings. The van der Waals surface area contributed by atoms with Crippen molar-refractivity contribution in [3.05, 3.63) is 65.6 Å². The number of benzene rings is 1. The molecule has 0 spiro atoms. The Hall–Kier alpha value is -3.29. The van der Waals surface area contributed by atoms with Crippen molar-refractivity contribution < 1.29 is 13.9 Å². The number of nitrogens with zero attached hydrogens (tertiary/aromatic N) is 5. The normalized spacial score (nSPS) is 16.4. The molecule has 1 fully saturated rings. The second kappa shape index (κ2) is 7.38. The Labute approximate surface area is 161 Å². The van der Waals surface area contributed by atoms with Gasteiger partial charge in [0.25, 0.3) is 5.91 Å². The molecule has 0 N–H and O–H groups in total.